The molecule has 0 unspecified atom stereocenters. The van der Waals surface area contributed by atoms with Crippen molar-refractivity contribution in [1.29, 1.82) is 0 Å². The lowest BCUT2D eigenvalue weighted by Crippen LogP contribution is -2.60. The van der Waals surface area contributed by atoms with E-state index >= 15 is 0 Å². The molecule has 0 spiro atoms. The molecule has 3 N–H and O–H groups in total. The molecule has 3 saturated heterocycles. The Labute approximate surface area is 399 Å². The number of nitrogens with zero attached hydrogens (tertiary/aromatic N) is 7. The number of aryl methyl sites for hydroxylation is 2. The third-order valence-corrected chi connectivity index (χ3v) is 14.5. The number of cyclic esters (lactones) is 1. The van der Waals surface area contributed by atoms with Crippen LogP contribution in [-0.2, 0) is 52.8 Å². The van der Waals surface area contributed by atoms with Crippen molar-refractivity contribution in [2.24, 2.45) is 28.8 Å². The number of non-ortho nitro benzene ring substituents is 1. The van der Waals surface area contributed by atoms with Gasteiger partial charge in [0, 0.05) is 81.8 Å². The fourth-order valence-electron chi connectivity index (χ4n) is 10.1. The zero-order chi connectivity index (χ0) is 50.1. The molecule has 382 valence electrons. The second-order valence-corrected chi connectivity index (χ2v) is 19.7. The molecule has 0 aliphatic carbocycles. The number of benzene rings is 1. The summed E-state index contributed by atoms with van der Waals surface area (Å²) in [7, 11) is 3.39. The van der Waals surface area contributed by atoms with E-state index in [9.17, 15) is 39.4 Å². The van der Waals surface area contributed by atoms with Gasteiger partial charge in [0.15, 0.2) is 12.1 Å². The summed E-state index contributed by atoms with van der Waals surface area (Å²) in [5.41, 5.74) is -1.18. The van der Waals surface area contributed by atoms with Crippen molar-refractivity contribution in [3.05, 3.63) is 51.8 Å². The number of Topliss-reactive ketones (excluding diaryl/α,β-unsaturated/α-hetero) is 1. The van der Waals surface area contributed by atoms with Crippen LogP contribution in [0.2, 0.25) is 0 Å². The molecule has 14 atom stereocenters. The zero-order valence-electron chi connectivity index (χ0n) is 41.5. The van der Waals surface area contributed by atoms with Gasteiger partial charge in [0.2, 0.25) is 0 Å². The largest absolute Gasteiger partial charge is 0.459 e. The van der Waals surface area contributed by atoms with Crippen LogP contribution in [0.4, 0.5) is 10.1 Å². The quantitative estimate of drug-likeness (QED) is 0.0920. The minimum atomic E-state index is -1.96. The summed E-state index contributed by atoms with van der Waals surface area (Å²) in [4.78, 5) is 49.0. The molecule has 3 aliphatic rings. The highest BCUT2D eigenvalue weighted by Gasteiger charge is 2.52. The molecule has 0 amide bonds. The molecule has 0 saturated carbocycles. The van der Waals surface area contributed by atoms with E-state index in [0.717, 1.165) is 24.2 Å². The molecular formula is C48H76FN7O12. The highest BCUT2D eigenvalue weighted by Crippen LogP contribution is 2.39. The molecule has 1 aromatic heterocycles. The SMILES string of the molecule is CC[C@H]1OC(=O)[C@H](C)C(=O)[C@H](C)[C@@H](O[C@@H]2O[C@H](C)C[C@H](N(C)CCc3cn(CCc4ccc([N+](=O)[O-])cc4)nn3)[C@H]2O)[C@](C)(OC)C[C@@H](C)/C(=N\O[C@@H]2CCCN(CCF)C2)[C@H](C)[C@@H](O)[C@]1(C)O. The van der Waals surface area contributed by atoms with Gasteiger partial charge in [-0.05, 0) is 85.4 Å². The average molecular weight is 962 g/mol. The van der Waals surface area contributed by atoms with Gasteiger partial charge < -0.3 is 44.0 Å². The number of carbonyl (C=O) groups excluding carboxylic acids is 2. The number of carbonyl (C=O) groups is 2. The predicted octanol–water partition coefficient (Wildman–Crippen LogP) is 4.32. The molecule has 20 heteroatoms. The molecular weight excluding hydrogens is 886 g/mol. The molecule has 5 rings (SSSR count). The monoisotopic (exact) mass is 962 g/mol. The van der Waals surface area contributed by atoms with Gasteiger partial charge >= 0.3 is 5.97 Å². The number of hydrogen-bond donors (Lipinski definition) is 3. The molecule has 1 aromatic carbocycles. The Balaban J connectivity index is 1.39. The van der Waals surface area contributed by atoms with Crippen LogP contribution >= 0.6 is 0 Å². The topological polar surface area (TPSA) is 234 Å². The first kappa shape index (κ1) is 54.9. The first-order chi connectivity index (χ1) is 32.1. The second-order valence-electron chi connectivity index (χ2n) is 19.7. The minimum Gasteiger partial charge on any atom is -0.459 e. The Morgan fingerprint density at radius 1 is 1.07 bits per heavy atom. The van der Waals surface area contributed by atoms with Crippen LogP contribution in [0.15, 0.2) is 35.6 Å². The third-order valence-electron chi connectivity index (χ3n) is 14.5. The van der Waals surface area contributed by atoms with Gasteiger partial charge in [-0.25, -0.2) is 4.39 Å². The highest BCUT2D eigenvalue weighted by molar-refractivity contribution is 6.00. The Morgan fingerprint density at radius 2 is 1.78 bits per heavy atom. The Hall–Kier alpha value is -4.02. The van der Waals surface area contributed by atoms with Gasteiger partial charge in [-0.2, -0.15) is 0 Å². The Kier molecular flexibility index (Phi) is 19.5. The Morgan fingerprint density at radius 3 is 2.43 bits per heavy atom. The number of alkyl halides is 1. The van der Waals surface area contributed by atoms with Crippen LogP contribution in [0.3, 0.4) is 0 Å². The predicted molar refractivity (Wildman–Crippen MR) is 249 cm³/mol. The van der Waals surface area contributed by atoms with Crippen LogP contribution < -0.4 is 0 Å². The van der Waals surface area contributed by atoms with Crippen molar-refractivity contribution < 1.29 is 58.0 Å². The third kappa shape index (κ3) is 13.4. The maximum Gasteiger partial charge on any atom is 0.316 e. The normalized spacial score (nSPS) is 35.5. The number of esters is 1. The number of nitro benzene ring substituents is 1. The van der Waals surface area contributed by atoms with Crippen LogP contribution in [0, 0.1) is 33.8 Å². The van der Waals surface area contributed by atoms with Crippen LogP contribution in [0.1, 0.15) is 98.8 Å². The van der Waals surface area contributed by atoms with E-state index in [0.29, 0.717) is 51.0 Å². The standard InChI is InChI=1S/C48H76FN7O12/c1-11-39-48(8,61)43(59)31(4)40(51-68-37-13-12-21-54(28-37)24-20-49)29(2)26-47(7,64-10)44(32(5)41(57)33(6)45(60)66-39)67-46-42(58)38(25-30(3)65-46)53(9)22-19-35-27-55(52-50-35)23-18-34-14-16-36(17-15-34)56(62)63/h14-17,27,29-33,37-39,42-44,46,58-59,61H,11-13,18-26,28H2,1-10H3/b51-40+/t29-,30-,31+,32+,33-,37-,38+,39-,42-,43-,44-,46+,47-,48-/m1/s1. The van der Waals surface area contributed by atoms with Gasteiger partial charge in [0.25, 0.3) is 5.69 Å². The number of methoxy groups -OCH3 is 1. The van der Waals surface area contributed by atoms with Crippen LogP contribution in [0.5, 0.6) is 0 Å². The number of likely N-dealkylation sites (N-methyl/N-ethyl adjacent to an activating group) is 1. The molecule has 68 heavy (non-hydrogen) atoms. The number of aliphatic hydroxyl groups excluding tert-OH is 2. The van der Waals surface area contributed by atoms with Gasteiger partial charge in [0.1, 0.15) is 36.5 Å². The fraction of sp³-hybridized carbons (Fsp3) is 0.771. The lowest BCUT2D eigenvalue weighted by molar-refractivity contribution is -0.384. The smallest absolute Gasteiger partial charge is 0.316 e. The molecule has 3 fully saturated rings. The number of likely N-dealkylation sites (tertiary alicyclic amines) is 1. The van der Waals surface area contributed by atoms with Gasteiger partial charge in [-0.15, -0.1) is 5.10 Å². The number of ketones is 1. The maximum absolute atomic E-state index is 14.5. The van der Waals surface area contributed by atoms with Crippen molar-refractivity contribution in [1.82, 2.24) is 24.8 Å². The average Bonchev–Trinajstić information content (AvgIpc) is 3.78. The first-order valence-corrected chi connectivity index (χ1v) is 24.2. The van der Waals surface area contributed by atoms with E-state index in [1.54, 1.807) is 44.5 Å². The zero-order valence-corrected chi connectivity index (χ0v) is 41.5. The molecule has 0 radical (unpaired) electrons. The lowest BCUT2D eigenvalue weighted by Gasteiger charge is -2.47. The van der Waals surface area contributed by atoms with E-state index in [4.69, 9.17) is 23.8 Å². The number of nitro groups is 1. The first-order valence-electron chi connectivity index (χ1n) is 24.2. The molecule has 2 aromatic rings. The Bertz CT molecular complexity index is 1990. The lowest BCUT2D eigenvalue weighted by atomic mass is 9.74. The van der Waals surface area contributed by atoms with Crippen molar-refractivity contribution in [3.8, 4) is 0 Å². The van der Waals surface area contributed by atoms with Crippen molar-refractivity contribution in [2.75, 3.05) is 47.0 Å². The number of aromatic nitrogens is 3. The molecule has 19 nitrogen and oxygen atoms in total. The fourth-order valence-corrected chi connectivity index (χ4v) is 10.1. The summed E-state index contributed by atoms with van der Waals surface area (Å²) in [5, 5.41) is 60.2. The summed E-state index contributed by atoms with van der Waals surface area (Å²) >= 11 is 0. The van der Waals surface area contributed by atoms with Crippen LogP contribution in [0.25, 0.3) is 0 Å². The van der Waals surface area contributed by atoms with Gasteiger partial charge in [-0.1, -0.05) is 50.2 Å². The summed E-state index contributed by atoms with van der Waals surface area (Å²) in [6.45, 7) is 15.5. The number of ether oxygens (including phenoxy) is 4. The number of aliphatic hydroxyl groups is 3. The summed E-state index contributed by atoms with van der Waals surface area (Å²) < 4.78 is 40.3. The van der Waals surface area contributed by atoms with E-state index in [1.807, 2.05) is 36.9 Å². The van der Waals surface area contributed by atoms with Crippen molar-refractivity contribution >= 4 is 23.2 Å². The van der Waals surface area contributed by atoms with Gasteiger partial charge in [-0.3, -0.25) is 29.3 Å². The highest BCUT2D eigenvalue weighted by atomic mass is 19.1. The number of halogens is 1. The summed E-state index contributed by atoms with van der Waals surface area (Å²) in [5.74, 6) is -5.09. The summed E-state index contributed by atoms with van der Waals surface area (Å²) in [6, 6.07) is 5.97. The molecule has 0 bridgehead atoms. The number of hydrogen-bond acceptors (Lipinski definition) is 17. The summed E-state index contributed by atoms with van der Waals surface area (Å²) in [6.07, 6.45) is -1.74. The minimum absolute atomic E-state index is 0.0335. The maximum atomic E-state index is 14.5. The van der Waals surface area contributed by atoms with E-state index in [2.05, 4.69) is 15.5 Å². The number of oxime groups is 1. The van der Waals surface area contributed by atoms with E-state index < -0.39 is 95.0 Å². The van der Waals surface area contributed by atoms with Crippen molar-refractivity contribution in [3.63, 3.8) is 0 Å². The van der Waals surface area contributed by atoms with Gasteiger partial charge in [0.05, 0.1) is 40.2 Å². The van der Waals surface area contributed by atoms with Crippen molar-refractivity contribution in [2.45, 2.75) is 167 Å². The number of rotatable bonds is 16. The molecule has 3 aliphatic heterocycles. The second kappa shape index (κ2) is 24.2. The van der Waals surface area contributed by atoms with E-state index in [-0.39, 0.29) is 37.3 Å². The van der Waals surface area contributed by atoms with Crippen LogP contribution in [-0.4, -0.2) is 170 Å². The molecule has 4 heterocycles. The van der Waals surface area contributed by atoms with E-state index in [1.165, 1.54) is 33.1 Å². The number of piperidine rings is 1.